The molecule has 3 aromatic carbocycles. The van der Waals surface area contributed by atoms with E-state index in [1.807, 2.05) is 0 Å². The molecule has 0 radical (unpaired) electrons. The quantitative estimate of drug-likeness (QED) is 0.206. The number of amidine groups is 1. The molecule has 0 heterocycles. The van der Waals surface area contributed by atoms with E-state index in [9.17, 15) is 22.8 Å². The largest absolute Gasteiger partial charge is 0.497 e. The highest BCUT2D eigenvalue weighted by atomic mass is 35.5. The number of benzene rings is 3. The maximum Gasteiger partial charge on any atom is 0.262 e. The summed E-state index contributed by atoms with van der Waals surface area (Å²) < 4.78 is 57.6. The van der Waals surface area contributed by atoms with Gasteiger partial charge in [-0.2, -0.15) is 0 Å². The summed E-state index contributed by atoms with van der Waals surface area (Å²) in [4.78, 5) is 25.1. The van der Waals surface area contributed by atoms with Gasteiger partial charge in [0.2, 0.25) is 0 Å². The lowest BCUT2D eigenvalue weighted by Gasteiger charge is -2.19. The lowest BCUT2D eigenvalue weighted by atomic mass is 10.1. The van der Waals surface area contributed by atoms with E-state index in [1.54, 1.807) is 0 Å². The summed E-state index contributed by atoms with van der Waals surface area (Å²) in [5, 5.41) is 12.7. The number of methoxy groups -OCH3 is 2. The molecule has 39 heavy (non-hydrogen) atoms. The van der Waals surface area contributed by atoms with E-state index in [0.717, 1.165) is 19.2 Å². The number of rotatable bonds is 11. The van der Waals surface area contributed by atoms with E-state index < -0.39 is 47.5 Å². The summed E-state index contributed by atoms with van der Waals surface area (Å²) in [7, 11) is 2.38. The Hall–Kier alpha value is -4.29. The Labute approximate surface area is 228 Å². The zero-order valence-electron chi connectivity index (χ0n) is 20.8. The molecule has 13 heteroatoms. The molecule has 0 saturated carbocycles. The molecule has 0 aliphatic heterocycles. The van der Waals surface area contributed by atoms with Gasteiger partial charge in [-0.3, -0.25) is 15.0 Å². The fraction of sp³-hybridized carbons (Fsp3) is 0.192. The lowest BCUT2D eigenvalue weighted by molar-refractivity contribution is -0.132. The maximum atomic E-state index is 14.5. The zero-order chi connectivity index (χ0) is 27.8. The SMILES string of the molecule is COc1cc(F)c(C(OC)C(=O)NCc2ccc(C(=N)N)cc2OCC(=O)Nc2ccc(F)cc2)c(F)c1.Cl. The number of nitrogens with two attached hydrogens (primary N) is 1. The molecule has 0 fully saturated rings. The van der Waals surface area contributed by atoms with Crippen LogP contribution >= 0.6 is 12.4 Å². The summed E-state index contributed by atoms with van der Waals surface area (Å²) in [6, 6.07) is 11.4. The van der Waals surface area contributed by atoms with Crippen LogP contribution in [0.4, 0.5) is 18.9 Å². The Morgan fingerprint density at radius 3 is 2.21 bits per heavy atom. The van der Waals surface area contributed by atoms with Crippen molar-refractivity contribution in [1.82, 2.24) is 5.32 Å². The summed E-state index contributed by atoms with van der Waals surface area (Å²) in [6.45, 7) is -0.631. The van der Waals surface area contributed by atoms with Gasteiger partial charge in [0.1, 0.15) is 34.8 Å². The molecular formula is C26H26ClF3N4O5. The van der Waals surface area contributed by atoms with Gasteiger partial charge in [0, 0.05) is 42.6 Å². The minimum atomic E-state index is -1.61. The molecule has 208 valence electrons. The van der Waals surface area contributed by atoms with Gasteiger partial charge in [-0.15, -0.1) is 12.4 Å². The first kappa shape index (κ1) is 30.9. The predicted molar refractivity (Wildman–Crippen MR) is 140 cm³/mol. The third-order valence-electron chi connectivity index (χ3n) is 5.34. The number of halogens is 4. The molecule has 2 amide bonds. The molecule has 0 aliphatic carbocycles. The van der Waals surface area contributed by atoms with Crippen molar-refractivity contribution in [2.75, 3.05) is 26.1 Å². The number of ether oxygens (including phenoxy) is 3. The lowest BCUT2D eigenvalue weighted by Crippen LogP contribution is -2.31. The molecule has 3 aromatic rings. The Kier molecular flexibility index (Phi) is 11.1. The highest BCUT2D eigenvalue weighted by molar-refractivity contribution is 5.95. The highest BCUT2D eigenvalue weighted by Crippen LogP contribution is 2.28. The molecule has 9 nitrogen and oxygen atoms in total. The van der Waals surface area contributed by atoms with Crippen LogP contribution in [0.15, 0.2) is 54.6 Å². The van der Waals surface area contributed by atoms with Crippen LogP contribution in [0, 0.1) is 22.9 Å². The Balaban J connectivity index is 0.00000533. The number of nitrogen functional groups attached to an aromatic ring is 1. The molecule has 1 atom stereocenters. The molecule has 5 N–H and O–H groups in total. The van der Waals surface area contributed by atoms with Crippen LogP contribution in [0.5, 0.6) is 11.5 Å². The Morgan fingerprint density at radius 1 is 1.00 bits per heavy atom. The number of carbonyl (C=O) groups excluding carboxylic acids is 2. The standard InChI is InChI=1S/C26H25F3N4O5.ClH/c1-36-18-10-19(28)23(20(29)11-18)24(37-2)26(35)32-12-15-4-3-14(25(30)31)9-21(15)38-13-22(34)33-17-7-5-16(27)6-8-17;/h3-11,24H,12-13H2,1-2H3,(H3,30,31)(H,32,35)(H,33,34);1H. The van der Waals surface area contributed by atoms with Crippen molar-refractivity contribution in [3.8, 4) is 11.5 Å². The van der Waals surface area contributed by atoms with Crippen molar-refractivity contribution < 1.29 is 37.0 Å². The maximum absolute atomic E-state index is 14.5. The van der Waals surface area contributed by atoms with Crippen LogP contribution in [0.3, 0.4) is 0 Å². The number of hydrogen-bond donors (Lipinski definition) is 4. The second-order valence-corrected chi connectivity index (χ2v) is 7.92. The molecule has 0 spiro atoms. The minimum Gasteiger partial charge on any atom is -0.497 e. The van der Waals surface area contributed by atoms with Crippen molar-refractivity contribution in [1.29, 1.82) is 5.41 Å². The van der Waals surface area contributed by atoms with Crippen LogP contribution in [0.1, 0.15) is 22.8 Å². The zero-order valence-corrected chi connectivity index (χ0v) is 21.7. The summed E-state index contributed by atoms with van der Waals surface area (Å²) in [5.74, 6) is -4.09. The molecule has 0 aliphatic rings. The normalized spacial score (nSPS) is 11.1. The van der Waals surface area contributed by atoms with Gasteiger partial charge in [0.15, 0.2) is 12.7 Å². The van der Waals surface area contributed by atoms with Crippen molar-refractivity contribution in [2.45, 2.75) is 12.6 Å². The predicted octanol–water partition coefficient (Wildman–Crippen LogP) is 3.84. The molecular weight excluding hydrogens is 541 g/mol. The van der Waals surface area contributed by atoms with Crippen molar-refractivity contribution in [2.24, 2.45) is 5.73 Å². The smallest absolute Gasteiger partial charge is 0.262 e. The van der Waals surface area contributed by atoms with Crippen molar-refractivity contribution in [3.63, 3.8) is 0 Å². The van der Waals surface area contributed by atoms with Gasteiger partial charge in [0.05, 0.1) is 12.7 Å². The van der Waals surface area contributed by atoms with E-state index in [-0.39, 0.29) is 36.3 Å². The van der Waals surface area contributed by atoms with Crippen LogP contribution in [0.25, 0.3) is 0 Å². The molecule has 3 rings (SSSR count). The number of nitrogens with one attached hydrogen (secondary N) is 3. The van der Waals surface area contributed by atoms with Gasteiger partial charge in [-0.05, 0) is 30.3 Å². The molecule has 0 aromatic heterocycles. The average molecular weight is 567 g/mol. The van der Waals surface area contributed by atoms with Crippen LogP contribution < -0.4 is 25.8 Å². The summed E-state index contributed by atoms with van der Waals surface area (Å²) >= 11 is 0. The Bertz CT molecular complexity index is 1320. The van der Waals surface area contributed by atoms with Crippen LogP contribution in [0.2, 0.25) is 0 Å². The van der Waals surface area contributed by atoms with Crippen molar-refractivity contribution in [3.05, 3.63) is 88.7 Å². The molecule has 1 unspecified atom stereocenters. The number of anilines is 1. The first-order chi connectivity index (χ1) is 18.1. The van der Waals surface area contributed by atoms with Crippen LogP contribution in [-0.2, 0) is 20.9 Å². The second-order valence-electron chi connectivity index (χ2n) is 7.92. The summed E-state index contributed by atoms with van der Waals surface area (Å²) in [5.41, 5.74) is 5.99. The van der Waals surface area contributed by atoms with E-state index >= 15 is 0 Å². The fourth-order valence-corrected chi connectivity index (χ4v) is 3.44. The Morgan fingerprint density at radius 2 is 1.64 bits per heavy atom. The van der Waals surface area contributed by atoms with E-state index in [0.29, 0.717) is 16.8 Å². The van der Waals surface area contributed by atoms with Crippen molar-refractivity contribution >= 4 is 35.7 Å². The topological polar surface area (TPSA) is 136 Å². The summed E-state index contributed by atoms with van der Waals surface area (Å²) in [6.07, 6.45) is -1.61. The number of hydrogen-bond acceptors (Lipinski definition) is 6. The first-order valence-electron chi connectivity index (χ1n) is 11.1. The number of amides is 2. The van der Waals surface area contributed by atoms with E-state index in [2.05, 4.69) is 10.6 Å². The third kappa shape index (κ3) is 8.09. The van der Waals surface area contributed by atoms with Gasteiger partial charge in [-0.25, -0.2) is 13.2 Å². The minimum absolute atomic E-state index is 0. The highest BCUT2D eigenvalue weighted by Gasteiger charge is 2.28. The molecule has 0 saturated heterocycles. The average Bonchev–Trinajstić information content (AvgIpc) is 2.89. The second kappa shape index (κ2) is 14.0. The number of carbonyl (C=O) groups is 2. The van der Waals surface area contributed by atoms with Gasteiger partial charge < -0.3 is 30.6 Å². The third-order valence-corrected chi connectivity index (χ3v) is 5.34. The monoisotopic (exact) mass is 566 g/mol. The van der Waals surface area contributed by atoms with Crippen LogP contribution in [-0.4, -0.2) is 38.5 Å². The molecule has 0 bridgehead atoms. The van der Waals surface area contributed by atoms with Gasteiger partial charge in [-0.1, -0.05) is 12.1 Å². The van der Waals surface area contributed by atoms with Gasteiger partial charge >= 0.3 is 0 Å². The fourth-order valence-electron chi connectivity index (χ4n) is 3.44. The van der Waals surface area contributed by atoms with E-state index in [4.69, 9.17) is 25.4 Å². The first-order valence-corrected chi connectivity index (χ1v) is 11.1. The van der Waals surface area contributed by atoms with E-state index in [1.165, 1.54) is 49.6 Å². The van der Waals surface area contributed by atoms with Gasteiger partial charge in [0.25, 0.3) is 11.8 Å².